The topological polar surface area (TPSA) is 62.6 Å². The van der Waals surface area contributed by atoms with Crippen LogP contribution in [0.4, 0.5) is 0 Å². The van der Waals surface area contributed by atoms with E-state index in [0.717, 1.165) is 41.3 Å². The van der Waals surface area contributed by atoms with Crippen molar-refractivity contribution < 1.29 is 4.74 Å². The first-order valence-corrected chi connectivity index (χ1v) is 9.42. The molecule has 1 fully saturated rings. The Morgan fingerprint density at radius 3 is 2.92 bits per heavy atom. The third-order valence-electron chi connectivity index (χ3n) is 4.05. The van der Waals surface area contributed by atoms with Crippen LogP contribution in [-0.4, -0.2) is 41.5 Å². The molecule has 2 heterocycles. The summed E-state index contributed by atoms with van der Waals surface area (Å²) in [6, 6.07) is 3.99. The fourth-order valence-corrected chi connectivity index (χ4v) is 3.10. The number of nitrogens with one attached hydrogen (secondary N) is 1. The standard InChI is InChI=1S/C18H25N5OS.HI/c1-13-22-16(12-25-13)10-23(3)18(19-2)21-9-15-6-7-20-17(8-15)24-11-14-4-5-14;/h6-8,12,14H,4-5,9-11H2,1-3H3,(H,19,21);1H. The van der Waals surface area contributed by atoms with Crippen LogP contribution in [0.1, 0.15) is 29.1 Å². The van der Waals surface area contributed by atoms with E-state index in [1.54, 1.807) is 24.6 Å². The van der Waals surface area contributed by atoms with Gasteiger partial charge < -0.3 is 15.0 Å². The second-order valence-electron chi connectivity index (χ2n) is 6.37. The number of hydrogen-bond donors (Lipinski definition) is 1. The largest absolute Gasteiger partial charge is 0.477 e. The molecule has 1 saturated carbocycles. The van der Waals surface area contributed by atoms with E-state index in [9.17, 15) is 0 Å². The lowest BCUT2D eigenvalue weighted by Gasteiger charge is -2.21. The Balaban J connectivity index is 0.00000243. The minimum Gasteiger partial charge on any atom is -0.477 e. The van der Waals surface area contributed by atoms with E-state index in [-0.39, 0.29) is 24.0 Å². The van der Waals surface area contributed by atoms with Crippen molar-refractivity contribution in [3.05, 3.63) is 40.0 Å². The van der Waals surface area contributed by atoms with E-state index in [1.807, 2.05) is 26.1 Å². The van der Waals surface area contributed by atoms with Gasteiger partial charge in [-0.05, 0) is 37.3 Å². The third kappa shape index (κ3) is 6.39. The van der Waals surface area contributed by atoms with E-state index in [1.165, 1.54) is 12.8 Å². The lowest BCUT2D eigenvalue weighted by molar-refractivity contribution is 0.288. The van der Waals surface area contributed by atoms with Crippen LogP contribution in [0.3, 0.4) is 0 Å². The van der Waals surface area contributed by atoms with E-state index in [2.05, 4.69) is 30.6 Å². The average molecular weight is 487 g/mol. The Morgan fingerprint density at radius 2 is 2.27 bits per heavy atom. The van der Waals surface area contributed by atoms with Gasteiger partial charge in [0.15, 0.2) is 5.96 Å². The van der Waals surface area contributed by atoms with Crippen LogP contribution in [0.5, 0.6) is 5.88 Å². The Bertz CT molecular complexity index is 732. The molecule has 0 spiro atoms. The van der Waals surface area contributed by atoms with Crippen LogP contribution in [-0.2, 0) is 13.1 Å². The van der Waals surface area contributed by atoms with E-state index in [4.69, 9.17) is 4.74 Å². The Kier molecular flexibility index (Phi) is 8.08. The summed E-state index contributed by atoms with van der Waals surface area (Å²) in [5.74, 6) is 2.26. The highest BCUT2D eigenvalue weighted by molar-refractivity contribution is 14.0. The molecular weight excluding hydrogens is 461 g/mol. The summed E-state index contributed by atoms with van der Waals surface area (Å²) < 4.78 is 5.75. The predicted octanol–water partition coefficient (Wildman–Crippen LogP) is 3.46. The highest BCUT2D eigenvalue weighted by Crippen LogP contribution is 2.29. The van der Waals surface area contributed by atoms with Crippen molar-refractivity contribution in [1.29, 1.82) is 0 Å². The number of pyridine rings is 1. The van der Waals surface area contributed by atoms with Gasteiger partial charge in [0, 0.05) is 38.3 Å². The van der Waals surface area contributed by atoms with Gasteiger partial charge in [0.05, 0.1) is 23.9 Å². The molecule has 6 nitrogen and oxygen atoms in total. The smallest absolute Gasteiger partial charge is 0.213 e. The zero-order chi connectivity index (χ0) is 17.6. The van der Waals surface area contributed by atoms with Gasteiger partial charge in [0.2, 0.25) is 5.88 Å². The van der Waals surface area contributed by atoms with Crippen molar-refractivity contribution in [2.75, 3.05) is 20.7 Å². The highest BCUT2D eigenvalue weighted by atomic mass is 127. The van der Waals surface area contributed by atoms with Gasteiger partial charge in [-0.25, -0.2) is 9.97 Å². The fourth-order valence-electron chi connectivity index (χ4n) is 2.49. The highest BCUT2D eigenvalue weighted by Gasteiger charge is 2.22. The molecule has 8 heteroatoms. The molecule has 0 atom stereocenters. The summed E-state index contributed by atoms with van der Waals surface area (Å²) in [4.78, 5) is 15.2. The minimum atomic E-state index is 0. The van der Waals surface area contributed by atoms with E-state index >= 15 is 0 Å². The van der Waals surface area contributed by atoms with Gasteiger partial charge >= 0.3 is 0 Å². The SMILES string of the molecule is CN=C(NCc1ccnc(OCC2CC2)c1)N(C)Cc1csc(C)n1.I. The Labute approximate surface area is 176 Å². The number of aromatic nitrogens is 2. The second kappa shape index (κ2) is 10.1. The van der Waals surface area contributed by atoms with Gasteiger partial charge in [-0.1, -0.05) is 0 Å². The molecular formula is C18H26IN5OS. The number of guanidine groups is 1. The molecule has 0 aliphatic heterocycles. The zero-order valence-electron chi connectivity index (χ0n) is 15.4. The maximum atomic E-state index is 5.75. The molecule has 3 rings (SSSR count). The van der Waals surface area contributed by atoms with Crippen molar-refractivity contribution in [2.24, 2.45) is 10.9 Å². The van der Waals surface area contributed by atoms with Crippen LogP contribution in [0.25, 0.3) is 0 Å². The van der Waals surface area contributed by atoms with Gasteiger partial charge in [-0.3, -0.25) is 4.99 Å². The van der Waals surface area contributed by atoms with Crippen molar-refractivity contribution in [3.8, 4) is 5.88 Å². The number of hydrogen-bond acceptors (Lipinski definition) is 5. The number of nitrogens with zero attached hydrogens (tertiary/aromatic N) is 4. The fraction of sp³-hybridized carbons (Fsp3) is 0.500. The molecule has 1 N–H and O–H groups in total. The molecule has 0 radical (unpaired) electrons. The lowest BCUT2D eigenvalue weighted by atomic mass is 10.2. The molecule has 142 valence electrons. The van der Waals surface area contributed by atoms with E-state index < -0.39 is 0 Å². The van der Waals surface area contributed by atoms with Crippen molar-refractivity contribution >= 4 is 41.3 Å². The minimum absolute atomic E-state index is 0. The zero-order valence-corrected chi connectivity index (χ0v) is 18.6. The normalized spacial score (nSPS) is 13.9. The molecule has 1 aliphatic carbocycles. The number of ether oxygens (including phenoxy) is 1. The number of thiazole rings is 1. The number of halogens is 1. The van der Waals surface area contributed by atoms with E-state index in [0.29, 0.717) is 12.4 Å². The monoisotopic (exact) mass is 487 g/mol. The Morgan fingerprint density at radius 1 is 1.46 bits per heavy atom. The quantitative estimate of drug-likeness (QED) is 0.368. The molecule has 26 heavy (non-hydrogen) atoms. The first-order chi connectivity index (χ1) is 12.1. The van der Waals surface area contributed by atoms with Gasteiger partial charge in [0.1, 0.15) is 0 Å². The molecule has 1 aliphatic rings. The molecule has 0 aromatic carbocycles. The van der Waals surface area contributed by atoms with Crippen LogP contribution in [0, 0.1) is 12.8 Å². The second-order valence-corrected chi connectivity index (χ2v) is 7.43. The summed E-state index contributed by atoms with van der Waals surface area (Å²) >= 11 is 1.67. The summed E-state index contributed by atoms with van der Waals surface area (Å²) in [6.07, 6.45) is 4.36. The molecule has 0 bridgehead atoms. The number of aliphatic imine (C=N–C) groups is 1. The van der Waals surface area contributed by atoms with Crippen molar-refractivity contribution in [2.45, 2.75) is 32.9 Å². The average Bonchev–Trinajstić information content (AvgIpc) is 3.35. The molecule has 0 unspecified atom stereocenters. The first-order valence-electron chi connectivity index (χ1n) is 8.54. The summed E-state index contributed by atoms with van der Waals surface area (Å²) in [5, 5.41) is 6.56. The predicted molar refractivity (Wildman–Crippen MR) is 116 cm³/mol. The van der Waals surface area contributed by atoms with Crippen LogP contribution in [0.15, 0.2) is 28.7 Å². The van der Waals surface area contributed by atoms with Gasteiger partial charge in [-0.2, -0.15) is 0 Å². The van der Waals surface area contributed by atoms with Crippen LogP contribution in [0.2, 0.25) is 0 Å². The summed E-state index contributed by atoms with van der Waals surface area (Å²) in [5.41, 5.74) is 2.19. The van der Waals surface area contributed by atoms with Crippen molar-refractivity contribution in [3.63, 3.8) is 0 Å². The molecule has 2 aromatic rings. The number of rotatable bonds is 7. The maximum absolute atomic E-state index is 5.75. The lowest BCUT2D eigenvalue weighted by Crippen LogP contribution is -2.38. The third-order valence-corrected chi connectivity index (χ3v) is 4.88. The van der Waals surface area contributed by atoms with Crippen molar-refractivity contribution in [1.82, 2.24) is 20.2 Å². The Hall–Kier alpha value is -1.42. The first kappa shape index (κ1) is 20.9. The summed E-state index contributed by atoms with van der Waals surface area (Å²) in [6.45, 7) is 4.21. The molecule has 2 aromatic heterocycles. The van der Waals surface area contributed by atoms with Crippen LogP contribution >= 0.6 is 35.3 Å². The van der Waals surface area contributed by atoms with Gasteiger partial charge in [0.25, 0.3) is 0 Å². The maximum Gasteiger partial charge on any atom is 0.213 e. The molecule has 0 amide bonds. The summed E-state index contributed by atoms with van der Waals surface area (Å²) in [7, 11) is 3.81. The molecule has 0 saturated heterocycles. The van der Waals surface area contributed by atoms with Crippen LogP contribution < -0.4 is 10.1 Å². The number of aryl methyl sites for hydroxylation is 1. The van der Waals surface area contributed by atoms with Gasteiger partial charge in [-0.15, -0.1) is 35.3 Å².